The maximum atomic E-state index is 11.9. The Morgan fingerprint density at radius 3 is 2.47 bits per heavy atom. The largest absolute Gasteiger partial charge is 0.480 e. The maximum absolute atomic E-state index is 11.9. The third kappa shape index (κ3) is 1.95. The molecule has 90 valence electrons. The number of carboxylic acids is 1. The van der Waals surface area contributed by atoms with Crippen molar-refractivity contribution in [1.29, 1.82) is 0 Å². The molecule has 5 heteroatoms. The van der Waals surface area contributed by atoms with Gasteiger partial charge >= 0.3 is 12.0 Å². The number of aryl methyl sites for hydroxylation is 1. The SMILES string of the molecule is Cc1ccc(N2C(=O)N(C)CC2C(=O)O)cc1. The summed E-state index contributed by atoms with van der Waals surface area (Å²) in [7, 11) is 1.60. The molecule has 1 aliphatic rings. The molecule has 2 amide bonds. The summed E-state index contributed by atoms with van der Waals surface area (Å²) in [6.07, 6.45) is 0. The highest BCUT2D eigenvalue weighted by Gasteiger charge is 2.40. The molecule has 0 radical (unpaired) electrons. The molecule has 0 aliphatic carbocycles. The van der Waals surface area contributed by atoms with Gasteiger partial charge in [-0.1, -0.05) is 17.7 Å². The van der Waals surface area contributed by atoms with E-state index in [2.05, 4.69) is 0 Å². The van der Waals surface area contributed by atoms with E-state index in [0.29, 0.717) is 5.69 Å². The molecular formula is C12H14N2O3. The van der Waals surface area contributed by atoms with Gasteiger partial charge in [-0.3, -0.25) is 4.90 Å². The monoisotopic (exact) mass is 234 g/mol. The highest BCUT2D eigenvalue weighted by atomic mass is 16.4. The lowest BCUT2D eigenvalue weighted by Gasteiger charge is -2.20. The van der Waals surface area contributed by atoms with Crippen molar-refractivity contribution in [2.24, 2.45) is 0 Å². The molecule has 0 bridgehead atoms. The van der Waals surface area contributed by atoms with Crippen LogP contribution in [0.5, 0.6) is 0 Å². The predicted molar refractivity (Wildman–Crippen MR) is 63.1 cm³/mol. The molecule has 1 fully saturated rings. The molecular weight excluding hydrogens is 220 g/mol. The van der Waals surface area contributed by atoms with E-state index in [1.165, 1.54) is 9.80 Å². The quantitative estimate of drug-likeness (QED) is 0.839. The molecule has 1 aromatic rings. The van der Waals surface area contributed by atoms with E-state index in [4.69, 9.17) is 5.11 Å². The second-order valence-corrected chi connectivity index (χ2v) is 4.22. The number of rotatable bonds is 2. The summed E-state index contributed by atoms with van der Waals surface area (Å²) < 4.78 is 0. The molecule has 0 spiro atoms. The van der Waals surface area contributed by atoms with Crippen molar-refractivity contribution in [3.8, 4) is 0 Å². The van der Waals surface area contributed by atoms with E-state index >= 15 is 0 Å². The minimum atomic E-state index is -0.983. The molecule has 1 unspecified atom stereocenters. The number of amides is 2. The van der Waals surface area contributed by atoms with Gasteiger partial charge in [0.1, 0.15) is 0 Å². The molecule has 1 N–H and O–H groups in total. The summed E-state index contributed by atoms with van der Waals surface area (Å²) in [5.74, 6) is -0.983. The first-order valence-corrected chi connectivity index (χ1v) is 5.34. The molecule has 5 nitrogen and oxygen atoms in total. The number of nitrogens with zero attached hydrogens (tertiary/aromatic N) is 2. The lowest BCUT2D eigenvalue weighted by molar-refractivity contribution is -0.138. The molecule has 1 saturated heterocycles. The number of carbonyl (C=O) groups excluding carboxylic acids is 1. The van der Waals surface area contributed by atoms with Crippen LogP contribution < -0.4 is 4.90 Å². The van der Waals surface area contributed by atoms with Gasteiger partial charge < -0.3 is 10.0 Å². The van der Waals surface area contributed by atoms with E-state index in [0.717, 1.165) is 5.56 Å². The minimum Gasteiger partial charge on any atom is -0.480 e. The van der Waals surface area contributed by atoms with Gasteiger partial charge in [0.2, 0.25) is 0 Å². The second-order valence-electron chi connectivity index (χ2n) is 4.22. The van der Waals surface area contributed by atoms with Crippen molar-refractivity contribution >= 4 is 17.7 Å². The number of carbonyl (C=O) groups is 2. The first kappa shape index (κ1) is 11.4. The Morgan fingerprint density at radius 2 is 1.94 bits per heavy atom. The first-order chi connectivity index (χ1) is 8.00. The number of urea groups is 1. The smallest absolute Gasteiger partial charge is 0.328 e. The van der Waals surface area contributed by atoms with Crippen molar-refractivity contribution < 1.29 is 14.7 Å². The van der Waals surface area contributed by atoms with Gasteiger partial charge in [-0.25, -0.2) is 9.59 Å². The summed E-state index contributed by atoms with van der Waals surface area (Å²) >= 11 is 0. The van der Waals surface area contributed by atoms with Crippen LogP contribution in [0.2, 0.25) is 0 Å². The van der Waals surface area contributed by atoms with Crippen molar-refractivity contribution in [3.05, 3.63) is 29.8 Å². The lowest BCUT2D eigenvalue weighted by atomic mass is 10.2. The fourth-order valence-electron chi connectivity index (χ4n) is 1.92. The third-order valence-electron chi connectivity index (χ3n) is 2.89. The molecule has 2 rings (SSSR count). The van der Waals surface area contributed by atoms with Crippen LogP contribution in [0.15, 0.2) is 24.3 Å². The van der Waals surface area contributed by atoms with Gasteiger partial charge in [0, 0.05) is 12.7 Å². The maximum Gasteiger partial charge on any atom is 0.328 e. The van der Waals surface area contributed by atoms with Crippen LogP contribution in [-0.2, 0) is 4.79 Å². The van der Waals surface area contributed by atoms with Crippen LogP contribution >= 0.6 is 0 Å². The lowest BCUT2D eigenvalue weighted by Crippen LogP contribution is -2.39. The van der Waals surface area contributed by atoms with Crippen LogP contribution in [-0.4, -0.2) is 41.6 Å². The molecule has 1 atom stereocenters. The summed E-state index contributed by atoms with van der Waals surface area (Å²) in [6.45, 7) is 2.15. The van der Waals surface area contributed by atoms with Gasteiger partial charge in [0.05, 0.1) is 6.54 Å². The second kappa shape index (κ2) is 4.08. The normalized spacial score (nSPS) is 19.9. The van der Waals surface area contributed by atoms with Crippen molar-refractivity contribution in [3.63, 3.8) is 0 Å². The molecule has 1 aromatic carbocycles. The molecule has 1 aliphatic heterocycles. The molecule has 0 aromatic heterocycles. The zero-order chi connectivity index (χ0) is 12.6. The van der Waals surface area contributed by atoms with Crippen molar-refractivity contribution in [1.82, 2.24) is 4.90 Å². The first-order valence-electron chi connectivity index (χ1n) is 5.34. The predicted octanol–water partition coefficient (Wildman–Crippen LogP) is 1.32. The standard InChI is InChI=1S/C12H14N2O3/c1-8-3-5-9(6-4-8)14-10(11(15)16)7-13(2)12(14)17/h3-6,10H,7H2,1-2H3,(H,15,16). The fourth-order valence-corrected chi connectivity index (χ4v) is 1.92. The number of likely N-dealkylation sites (N-methyl/N-ethyl adjacent to an activating group) is 1. The highest BCUT2D eigenvalue weighted by molar-refractivity contribution is 6.01. The summed E-state index contributed by atoms with van der Waals surface area (Å²) in [6, 6.07) is 6.17. The topological polar surface area (TPSA) is 60.9 Å². The Kier molecular flexibility index (Phi) is 2.75. The van der Waals surface area contributed by atoms with Crippen molar-refractivity contribution in [2.45, 2.75) is 13.0 Å². The average molecular weight is 234 g/mol. The molecule has 1 heterocycles. The van der Waals surface area contributed by atoms with E-state index < -0.39 is 12.0 Å². The number of carboxylic acid groups (broad SMARTS) is 1. The van der Waals surface area contributed by atoms with Crippen LogP contribution in [0.4, 0.5) is 10.5 Å². The van der Waals surface area contributed by atoms with Crippen LogP contribution in [0, 0.1) is 6.92 Å². The Hall–Kier alpha value is -2.04. The molecule has 17 heavy (non-hydrogen) atoms. The van der Waals surface area contributed by atoms with Gasteiger partial charge in [0.15, 0.2) is 6.04 Å². The number of benzene rings is 1. The Labute approximate surface area is 99.3 Å². The Balaban J connectivity index is 2.37. The third-order valence-corrected chi connectivity index (χ3v) is 2.89. The van der Waals surface area contributed by atoms with E-state index in [9.17, 15) is 9.59 Å². The zero-order valence-electron chi connectivity index (χ0n) is 9.75. The average Bonchev–Trinajstić information content (AvgIpc) is 2.57. The Bertz CT molecular complexity index is 455. The minimum absolute atomic E-state index is 0.210. The Morgan fingerprint density at radius 1 is 1.35 bits per heavy atom. The molecule has 0 saturated carbocycles. The van der Waals surface area contributed by atoms with Crippen LogP contribution in [0.25, 0.3) is 0 Å². The summed E-state index contributed by atoms with van der Waals surface area (Å²) in [5, 5.41) is 9.11. The summed E-state index contributed by atoms with van der Waals surface area (Å²) in [5.41, 5.74) is 1.69. The summed E-state index contributed by atoms with van der Waals surface area (Å²) in [4.78, 5) is 25.8. The highest BCUT2D eigenvalue weighted by Crippen LogP contribution is 2.24. The number of hydrogen-bond donors (Lipinski definition) is 1. The number of hydrogen-bond acceptors (Lipinski definition) is 2. The van der Waals surface area contributed by atoms with Crippen LogP contribution in [0.1, 0.15) is 5.56 Å². The van der Waals surface area contributed by atoms with Gasteiger partial charge in [-0.15, -0.1) is 0 Å². The van der Waals surface area contributed by atoms with Gasteiger partial charge in [0.25, 0.3) is 0 Å². The van der Waals surface area contributed by atoms with Crippen LogP contribution in [0.3, 0.4) is 0 Å². The van der Waals surface area contributed by atoms with Gasteiger partial charge in [-0.2, -0.15) is 0 Å². The number of anilines is 1. The van der Waals surface area contributed by atoms with E-state index in [-0.39, 0.29) is 12.6 Å². The van der Waals surface area contributed by atoms with E-state index in [1.807, 2.05) is 19.1 Å². The number of aliphatic carboxylic acids is 1. The van der Waals surface area contributed by atoms with E-state index in [1.54, 1.807) is 19.2 Å². The van der Waals surface area contributed by atoms with Gasteiger partial charge in [-0.05, 0) is 19.1 Å². The fraction of sp³-hybridized carbons (Fsp3) is 0.333. The van der Waals surface area contributed by atoms with Crippen molar-refractivity contribution in [2.75, 3.05) is 18.5 Å². The zero-order valence-corrected chi connectivity index (χ0v) is 9.75.